The van der Waals surface area contributed by atoms with Crippen molar-refractivity contribution in [3.8, 4) is 5.75 Å². The first-order valence-electron chi connectivity index (χ1n) is 6.33. The number of hydrogen-bond acceptors (Lipinski definition) is 2. The second-order valence-corrected chi connectivity index (χ2v) is 5.22. The molecule has 0 spiro atoms. The first kappa shape index (κ1) is 14.8. The third-order valence-corrected chi connectivity index (χ3v) is 3.20. The number of rotatable bonds is 4. The number of halogens is 2. The van der Waals surface area contributed by atoms with Crippen LogP contribution in [0.15, 0.2) is 42.5 Å². The summed E-state index contributed by atoms with van der Waals surface area (Å²) in [5, 5.41) is 10.8. The Morgan fingerprint density at radius 2 is 1.95 bits per heavy atom. The van der Waals surface area contributed by atoms with Crippen molar-refractivity contribution in [3.63, 3.8) is 0 Å². The molecule has 0 radical (unpaired) electrons. The maximum absolute atomic E-state index is 13.4. The van der Waals surface area contributed by atoms with Gasteiger partial charge in [-0.15, -0.1) is 0 Å². The van der Waals surface area contributed by atoms with E-state index in [1.54, 1.807) is 44.2 Å². The van der Waals surface area contributed by atoms with Crippen molar-refractivity contribution in [2.75, 3.05) is 0 Å². The Labute approximate surface area is 122 Å². The van der Waals surface area contributed by atoms with E-state index in [0.717, 1.165) is 5.56 Å². The van der Waals surface area contributed by atoms with Crippen LogP contribution >= 0.6 is 11.6 Å². The van der Waals surface area contributed by atoms with E-state index in [0.29, 0.717) is 16.3 Å². The average Bonchev–Trinajstić information content (AvgIpc) is 2.36. The third-order valence-electron chi connectivity index (χ3n) is 2.97. The molecule has 0 fully saturated rings. The van der Waals surface area contributed by atoms with Gasteiger partial charge in [-0.3, -0.25) is 0 Å². The largest absolute Gasteiger partial charge is 0.488 e. The first-order valence-corrected chi connectivity index (χ1v) is 6.71. The van der Waals surface area contributed by atoms with Gasteiger partial charge in [0.05, 0.1) is 0 Å². The van der Waals surface area contributed by atoms with Gasteiger partial charge in [0, 0.05) is 5.02 Å². The molecule has 0 heterocycles. The Kier molecular flexibility index (Phi) is 4.63. The van der Waals surface area contributed by atoms with Crippen LogP contribution in [-0.2, 0) is 0 Å². The summed E-state index contributed by atoms with van der Waals surface area (Å²) in [6.07, 6.45) is -1.43. The van der Waals surface area contributed by atoms with E-state index in [9.17, 15) is 9.50 Å². The number of aryl methyl sites for hydroxylation is 1. The van der Waals surface area contributed by atoms with Gasteiger partial charge in [-0.05, 0) is 55.3 Å². The minimum atomic E-state index is -0.914. The Hall–Kier alpha value is -1.58. The SMILES string of the molecule is Cc1cc(F)cc(C(O)C(C)Oc2cccc(Cl)c2)c1. The van der Waals surface area contributed by atoms with E-state index in [4.69, 9.17) is 16.3 Å². The van der Waals surface area contributed by atoms with Gasteiger partial charge in [-0.1, -0.05) is 23.7 Å². The van der Waals surface area contributed by atoms with Gasteiger partial charge in [-0.25, -0.2) is 4.39 Å². The third kappa shape index (κ3) is 3.71. The molecule has 2 aromatic rings. The molecule has 0 bridgehead atoms. The summed E-state index contributed by atoms with van der Waals surface area (Å²) in [5.41, 5.74) is 1.26. The highest BCUT2D eigenvalue weighted by Crippen LogP contribution is 2.25. The molecular formula is C16H16ClFO2. The lowest BCUT2D eigenvalue weighted by molar-refractivity contribution is 0.0465. The molecule has 0 saturated carbocycles. The first-order chi connectivity index (χ1) is 9.45. The predicted molar refractivity (Wildman–Crippen MR) is 77.6 cm³/mol. The van der Waals surface area contributed by atoms with Crippen molar-refractivity contribution in [2.24, 2.45) is 0 Å². The standard InChI is InChI=1S/C16H16ClFO2/c1-10-6-12(8-14(18)7-10)16(19)11(2)20-15-5-3-4-13(17)9-15/h3-9,11,16,19H,1-2H3. The van der Waals surface area contributed by atoms with Crippen molar-refractivity contribution in [1.29, 1.82) is 0 Å². The van der Waals surface area contributed by atoms with Crippen LogP contribution in [0.4, 0.5) is 4.39 Å². The van der Waals surface area contributed by atoms with Crippen molar-refractivity contribution in [1.82, 2.24) is 0 Å². The van der Waals surface area contributed by atoms with E-state index < -0.39 is 12.2 Å². The highest BCUT2D eigenvalue weighted by atomic mass is 35.5. The van der Waals surface area contributed by atoms with Crippen molar-refractivity contribution >= 4 is 11.6 Å². The number of benzene rings is 2. The predicted octanol–water partition coefficient (Wildman–Crippen LogP) is 4.29. The van der Waals surface area contributed by atoms with Crippen LogP contribution < -0.4 is 4.74 Å². The smallest absolute Gasteiger partial charge is 0.126 e. The molecule has 0 saturated heterocycles. The summed E-state index contributed by atoms with van der Waals surface area (Å²) < 4.78 is 19.0. The quantitative estimate of drug-likeness (QED) is 0.911. The lowest BCUT2D eigenvalue weighted by Crippen LogP contribution is -2.22. The molecule has 0 aromatic heterocycles. The Balaban J connectivity index is 2.14. The zero-order valence-corrected chi connectivity index (χ0v) is 12.1. The molecule has 2 aromatic carbocycles. The molecule has 0 aliphatic rings. The van der Waals surface area contributed by atoms with Gasteiger partial charge >= 0.3 is 0 Å². The molecule has 4 heteroatoms. The molecule has 106 valence electrons. The molecule has 0 amide bonds. The van der Waals surface area contributed by atoms with Crippen LogP contribution in [0.2, 0.25) is 5.02 Å². The van der Waals surface area contributed by atoms with Crippen molar-refractivity contribution in [3.05, 3.63) is 64.4 Å². The van der Waals surface area contributed by atoms with Crippen LogP contribution in [0.3, 0.4) is 0 Å². The van der Waals surface area contributed by atoms with Gasteiger partial charge < -0.3 is 9.84 Å². The Morgan fingerprint density at radius 3 is 2.60 bits per heavy atom. The lowest BCUT2D eigenvalue weighted by Gasteiger charge is -2.21. The molecule has 2 rings (SSSR count). The lowest BCUT2D eigenvalue weighted by atomic mass is 10.0. The molecule has 20 heavy (non-hydrogen) atoms. The second kappa shape index (κ2) is 6.25. The van der Waals surface area contributed by atoms with E-state index in [-0.39, 0.29) is 5.82 Å². The Morgan fingerprint density at radius 1 is 1.20 bits per heavy atom. The van der Waals surface area contributed by atoms with Crippen molar-refractivity contribution < 1.29 is 14.2 Å². The number of aliphatic hydroxyl groups is 1. The molecule has 2 atom stereocenters. The van der Waals surface area contributed by atoms with Crippen LogP contribution in [0.5, 0.6) is 5.75 Å². The summed E-state index contributed by atoms with van der Waals surface area (Å²) in [4.78, 5) is 0. The van der Waals surface area contributed by atoms with Gasteiger partial charge in [0.25, 0.3) is 0 Å². The monoisotopic (exact) mass is 294 g/mol. The second-order valence-electron chi connectivity index (χ2n) is 4.79. The highest BCUT2D eigenvalue weighted by Gasteiger charge is 2.19. The maximum atomic E-state index is 13.4. The summed E-state index contributed by atoms with van der Waals surface area (Å²) in [5.74, 6) is 0.200. The summed E-state index contributed by atoms with van der Waals surface area (Å²) in [7, 11) is 0. The minimum Gasteiger partial charge on any atom is -0.488 e. The zero-order valence-electron chi connectivity index (χ0n) is 11.3. The van der Waals surface area contributed by atoms with Crippen LogP contribution in [-0.4, -0.2) is 11.2 Å². The number of ether oxygens (including phenoxy) is 1. The van der Waals surface area contributed by atoms with Crippen LogP contribution in [0.25, 0.3) is 0 Å². The fraction of sp³-hybridized carbons (Fsp3) is 0.250. The van der Waals surface area contributed by atoms with Crippen molar-refractivity contribution in [2.45, 2.75) is 26.1 Å². The van der Waals surface area contributed by atoms with Crippen LogP contribution in [0, 0.1) is 12.7 Å². The van der Waals surface area contributed by atoms with Gasteiger partial charge in [0.15, 0.2) is 0 Å². The summed E-state index contributed by atoms with van der Waals surface area (Å²) >= 11 is 5.87. The summed E-state index contributed by atoms with van der Waals surface area (Å²) in [6.45, 7) is 3.51. The molecule has 2 unspecified atom stereocenters. The molecule has 1 N–H and O–H groups in total. The number of aliphatic hydroxyl groups excluding tert-OH is 1. The van der Waals surface area contributed by atoms with E-state index in [1.807, 2.05) is 0 Å². The van der Waals surface area contributed by atoms with E-state index >= 15 is 0 Å². The number of hydrogen-bond donors (Lipinski definition) is 1. The molecular weight excluding hydrogens is 279 g/mol. The van der Waals surface area contributed by atoms with E-state index in [1.165, 1.54) is 12.1 Å². The zero-order chi connectivity index (χ0) is 14.7. The van der Waals surface area contributed by atoms with Gasteiger partial charge in [0.1, 0.15) is 23.8 Å². The van der Waals surface area contributed by atoms with Crippen LogP contribution in [0.1, 0.15) is 24.2 Å². The summed E-state index contributed by atoms with van der Waals surface area (Å²) in [6, 6.07) is 11.4. The van der Waals surface area contributed by atoms with E-state index in [2.05, 4.69) is 0 Å². The molecule has 2 nitrogen and oxygen atoms in total. The molecule has 0 aliphatic heterocycles. The fourth-order valence-corrected chi connectivity index (χ4v) is 2.21. The topological polar surface area (TPSA) is 29.5 Å². The van der Waals surface area contributed by atoms with Gasteiger partial charge in [0.2, 0.25) is 0 Å². The Bertz CT molecular complexity index is 581. The average molecular weight is 295 g/mol. The normalized spacial score (nSPS) is 13.8. The van der Waals surface area contributed by atoms with Gasteiger partial charge in [-0.2, -0.15) is 0 Å². The molecule has 0 aliphatic carbocycles. The highest BCUT2D eigenvalue weighted by molar-refractivity contribution is 6.30. The minimum absolute atomic E-state index is 0.367. The fourth-order valence-electron chi connectivity index (χ4n) is 2.03. The maximum Gasteiger partial charge on any atom is 0.126 e.